The zero-order chi connectivity index (χ0) is 19.0. The number of nitrogens with one attached hydrogen (secondary N) is 2. The summed E-state index contributed by atoms with van der Waals surface area (Å²) in [6.45, 7) is 5.00. The van der Waals surface area contributed by atoms with E-state index >= 15 is 0 Å². The monoisotopic (exact) mass is 369 g/mol. The summed E-state index contributed by atoms with van der Waals surface area (Å²) in [7, 11) is 0. The largest absolute Gasteiger partial charge is 0.353 e. The van der Waals surface area contributed by atoms with Gasteiger partial charge in [-0.2, -0.15) is 0 Å². The minimum absolute atomic E-state index is 0.171. The standard InChI is InChI=1S/C22H19N5O/c1-11(2)27-8-7-18(28)19-13-9-16-17(10-15(13)26-22(19)27)23-20-12-5-3-4-6-14(12)24-21(20)25-16/h3-6,9-11,23-24H,7-8H2,1-2H3. The second kappa shape index (κ2) is 5.32. The van der Waals surface area contributed by atoms with E-state index in [0.717, 1.165) is 61.9 Å². The van der Waals surface area contributed by atoms with E-state index in [1.807, 2.05) is 30.3 Å². The first-order valence-corrected chi connectivity index (χ1v) is 9.64. The van der Waals surface area contributed by atoms with Gasteiger partial charge < -0.3 is 14.9 Å². The van der Waals surface area contributed by atoms with Crippen LogP contribution in [0.5, 0.6) is 0 Å². The fourth-order valence-electron chi connectivity index (χ4n) is 4.38. The molecular formula is C22H19N5O. The highest BCUT2D eigenvalue weighted by molar-refractivity contribution is 6.16. The Hall–Kier alpha value is -3.41. The van der Waals surface area contributed by atoms with Gasteiger partial charge in [-0.15, -0.1) is 0 Å². The third kappa shape index (κ3) is 2.00. The van der Waals surface area contributed by atoms with Crippen molar-refractivity contribution in [3.05, 3.63) is 42.0 Å². The van der Waals surface area contributed by atoms with Crippen LogP contribution in [0.25, 0.3) is 44.0 Å². The summed E-state index contributed by atoms with van der Waals surface area (Å²) in [6.07, 6.45) is 0.532. The first-order chi connectivity index (χ1) is 13.6. The number of hydrogen-bond donors (Lipinski definition) is 2. The molecule has 2 N–H and O–H groups in total. The highest BCUT2D eigenvalue weighted by Crippen LogP contribution is 2.36. The molecule has 28 heavy (non-hydrogen) atoms. The lowest BCUT2D eigenvalue weighted by atomic mass is 10.0. The van der Waals surface area contributed by atoms with E-state index < -0.39 is 0 Å². The molecule has 0 saturated carbocycles. The normalized spacial score (nSPS) is 14.8. The predicted molar refractivity (Wildman–Crippen MR) is 112 cm³/mol. The van der Waals surface area contributed by atoms with E-state index in [0.29, 0.717) is 12.5 Å². The SMILES string of the molecule is CC(C)N1CCC(=O)c2c1nc1cc3[nH]c4c(nc3cc21)[nH]c1ccccc14. The molecule has 1 aliphatic rings. The van der Waals surface area contributed by atoms with Gasteiger partial charge in [0.05, 0.1) is 27.6 Å². The van der Waals surface area contributed by atoms with Crippen LogP contribution >= 0.6 is 0 Å². The van der Waals surface area contributed by atoms with Crippen molar-refractivity contribution in [3.8, 4) is 0 Å². The molecule has 3 aromatic heterocycles. The van der Waals surface area contributed by atoms with Crippen molar-refractivity contribution in [1.29, 1.82) is 0 Å². The minimum atomic E-state index is 0.171. The Morgan fingerprint density at radius 2 is 1.86 bits per heavy atom. The number of H-pyrrole nitrogens is 2. The van der Waals surface area contributed by atoms with Crippen LogP contribution in [0.1, 0.15) is 30.6 Å². The van der Waals surface area contributed by atoms with Crippen LogP contribution < -0.4 is 4.90 Å². The number of benzene rings is 2. The molecule has 6 nitrogen and oxygen atoms in total. The molecule has 0 bridgehead atoms. The molecule has 0 unspecified atom stereocenters. The van der Waals surface area contributed by atoms with Crippen molar-refractivity contribution in [2.45, 2.75) is 26.3 Å². The molecule has 5 aromatic rings. The van der Waals surface area contributed by atoms with Gasteiger partial charge in [0.15, 0.2) is 11.4 Å². The fraction of sp³-hybridized carbons (Fsp3) is 0.227. The molecular weight excluding hydrogens is 350 g/mol. The molecule has 0 amide bonds. The molecule has 2 aromatic carbocycles. The Morgan fingerprint density at radius 1 is 1.00 bits per heavy atom. The molecule has 1 aliphatic heterocycles. The second-order valence-electron chi connectivity index (χ2n) is 7.79. The van der Waals surface area contributed by atoms with E-state index in [9.17, 15) is 4.79 Å². The molecule has 0 spiro atoms. The van der Waals surface area contributed by atoms with Crippen LogP contribution in [-0.2, 0) is 0 Å². The first kappa shape index (κ1) is 15.6. The van der Waals surface area contributed by atoms with Crippen LogP contribution in [0.2, 0.25) is 0 Å². The number of nitrogens with zero attached hydrogens (tertiary/aromatic N) is 3. The van der Waals surface area contributed by atoms with Crippen molar-refractivity contribution in [1.82, 2.24) is 19.9 Å². The number of fused-ring (bicyclic) bond motifs is 7. The lowest BCUT2D eigenvalue weighted by Gasteiger charge is -2.30. The van der Waals surface area contributed by atoms with Gasteiger partial charge >= 0.3 is 0 Å². The molecule has 0 aliphatic carbocycles. The third-order valence-corrected chi connectivity index (χ3v) is 5.77. The number of aromatic nitrogens is 4. The van der Waals surface area contributed by atoms with Crippen LogP contribution in [0.15, 0.2) is 36.4 Å². The highest BCUT2D eigenvalue weighted by atomic mass is 16.1. The van der Waals surface area contributed by atoms with Crippen LogP contribution in [0, 0.1) is 0 Å². The number of carbonyl (C=O) groups is 1. The lowest BCUT2D eigenvalue weighted by Crippen LogP contribution is -2.37. The number of ketones is 1. The molecule has 4 heterocycles. The summed E-state index contributed by atoms with van der Waals surface area (Å²) in [4.78, 5) is 31.5. The van der Waals surface area contributed by atoms with Gasteiger partial charge in [-0.05, 0) is 32.0 Å². The van der Waals surface area contributed by atoms with Crippen LogP contribution in [0.3, 0.4) is 0 Å². The van der Waals surface area contributed by atoms with E-state index in [1.54, 1.807) is 0 Å². The third-order valence-electron chi connectivity index (χ3n) is 5.77. The Labute approximate surface area is 160 Å². The summed E-state index contributed by atoms with van der Waals surface area (Å²) in [5.41, 5.74) is 6.19. The van der Waals surface area contributed by atoms with Gasteiger partial charge in [-0.25, -0.2) is 9.97 Å². The van der Waals surface area contributed by atoms with Crippen LogP contribution in [-0.4, -0.2) is 38.3 Å². The number of Topliss-reactive ketones (excluding diaryl/α,β-unsaturated/α-hetero) is 1. The number of carbonyl (C=O) groups excluding carboxylic acids is 1. The second-order valence-corrected chi connectivity index (χ2v) is 7.79. The summed E-state index contributed by atoms with van der Waals surface area (Å²) in [5, 5.41) is 2.01. The Kier molecular flexibility index (Phi) is 2.97. The van der Waals surface area contributed by atoms with Crippen molar-refractivity contribution >= 4 is 55.6 Å². The van der Waals surface area contributed by atoms with Gasteiger partial charge in [-0.3, -0.25) is 4.79 Å². The van der Waals surface area contributed by atoms with Crippen LogP contribution in [0.4, 0.5) is 5.82 Å². The lowest BCUT2D eigenvalue weighted by molar-refractivity contribution is 0.0981. The summed E-state index contributed by atoms with van der Waals surface area (Å²) in [5.74, 6) is 0.983. The summed E-state index contributed by atoms with van der Waals surface area (Å²) in [6, 6.07) is 12.5. The van der Waals surface area contributed by atoms with Crippen molar-refractivity contribution < 1.29 is 4.79 Å². The Balaban J connectivity index is 1.68. The minimum Gasteiger partial charge on any atom is -0.353 e. The van der Waals surface area contributed by atoms with Gasteiger partial charge in [0.1, 0.15) is 5.82 Å². The molecule has 6 heteroatoms. The molecule has 0 saturated heterocycles. The van der Waals surface area contributed by atoms with Crippen molar-refractivity contribution in [2.24, 2.45) is 0 Å². The predicted octanol–water partition coefficient (Wildman–Crippen LogP) is 4.55. The number of aromatic amines is 2. The number of hydrogen-bond acceptors (Lipinski definition) is 4. The molecule has 138 valence electrons. The molecule has 0 fully saturated rings. The summed E-state index contributed by atoms with van der Waals surface area (Å²) >= 11 is 0. The van der Waals surface area contributed by atoms with E-state index in [-0.39, 0.29) is 5.78 Å². The highest BCUT2D eigenvalue weighted by Gasteiger charge is 2.30. The maximum atomic E-state index is 12.7. The summed E-state index contributed by atoms with van der Waals surface area (Å²) < 4.78 is 0. The quantitative estimate of drug-likeness (QED) is 0.454. The fourth-order valence-corrected chi connectivity index (χ4v) is 4.38. The van der Waals surface area contributed by atoms with Gasteiger partial charge in [-0.1, -0.05) is 18.2 Å². The average Bonchev–Trinajstić information content (AvgIpc) is 3.22. The average molecular weight is 369 g/mol. The van der Waals surface area contributed by atoms with Crippen molar-refractivity contribution in [3.63, 3.8) is 0 Å². The number of para-hydroxylation sites is 1. The Bertz CT molecular complexity index is 1430. The molecule has 0 atom stereocenters. The smallest absolute Gasteiger partial charge is 0.169 e. The van der Waals surface area contributed by atoms with Crippen molar-refractivity contribution in [2.75, 3.05) is 11.4 Å². The number of rotatable bonds is 1. The van der Waals surface area contributed by atoms with Gasteiger partial charge in [0.25, 0.3) is 0 Å². The molecule has 6 rings (SSSR count). The zero-order valence-corrected chi connectivity index (χ0v) is 15.7. The maximum absolute atomic E-state index is 12.7. The first-order valence-electron chi connectivity index (χ1n) is 9.64. The number of anilines is 1. The zero-order valence-electron chi connectivity index (χ0n) is 15.7. The van der Waals surface area contributed by atoms with Gasteiger partial charge in [0, 0.05) is 35.3 Å². The van der Waals surface area contributed by atoms with Gasteiger partial charge in [0.2, 0.25) is 0 Å². The van der Waals surface area contributed by atoms with E-state index in [1.165, 1.54) is 0 Å². The Morgan fingerprint density at radius 3 is 2.71 bits per heavy atom. The van der Waals surface area contributed by atoms with E-state index in [4.69, 9.17) is 9.97 Å². The molecule has 0 radical (unpaired) electrons. The topological polar surface area (TPSA) is 77.7 Å². The maximum Gasteiger partial charge on any atom is 0.169 e. The van der Waals surface area contributed by atoms with E-state index in [2.05, 4.69) is 34.8 Å².